The van der Waals surface area contributed by atoms with E-state index in [0.29, 0.717) is 6.54 Å². The summed E-state index contributed by atoms with van der Waals surface area (Å²) in [6.07, 6.45) is 10.4. The van der Waals surface area contributed by atoms with Crippen LogP contribution in [0, 0.1) is 18.8 Å². The van der Waals surface area contributed by atoms with E-state index in [9.17, 15) is 9.59 Å². The van der Waals surface area contributed by atoms with Gasteiger partial charge in [-0.05, 0) is 69.1 Å². The van der Waals surface area contributed by atoms with Gasteiger partial charge in [0.2, 0.25) is 5.91 Å². The molecule has 1 amide bonds. The third-order valence-corrected chi connectivity index (χ3v) is 7.67. The Bertz CT molecular complexity index is 1130. The van der Waals surface area contributed by atoms with Gasteiger partial charge in [0.05, 0.1) is 6.04 Å². The quantitative estimate of drug-likeness (QED) is 0.385. The first-order chi connectivity index (χ1) is 17.0. The third-order valence-electron chi connectivity index (χ3n) is 7.67. The summed E-state index contributed by atoms with van der Waals surface area (Å²) in [7, 11) is 1.90. The predicted octanol–water partition coefficient (Wildman–Crippen LogP) is 4.08. The summed E-state index contributed by atoms with van der Waals surface area (Å²) in [4.78, 5) is 30.5. The van der Waals surface area contributed by atoms with Crippen LogP contribution >= 0.6 is 0 Å². The Labute approximate surface area is 207 Å². The Kier molecular flexibility index (Phi) is 7.86. The molecule has 2 aliphatic rings. The lowest BCUT2D eigenvalue weighted by molar-refractivity contribution is -0.124. The van der Waals surface area contributed by atoms with Crippen LogP contribution in [0.1, 0.15) is 49.7 Å². The number of aryl methyl sites for hydroxylation is 1. The van der Waals surface area contributed by atoms with Crippen LogP contribution in [0.2, 0.25) is 0 Å². The molecule has 186 valence electrons. The molecule has 7 heteroatoms. The molecule has 7 nitrogen and oxygen atoms in total. The van der Waals surface area contributed by atoms with Crippen LogP contribution in [0.3, 0.4) is 0 Å². The fourth-order valence-corrected chi connectivity index (χ4v) is 5.03. The summed E-state index contributed by atoms with van der Waals surface area (Å²) in [5.41, 5.74) is 10.9. The van der Waals surface area contributed by atoms with Crippen LogP contribution in [0.15, 0.2) is 48.8 Å². The van der Waals surface area contributed by atoms with Gasteiger partial charge in [-0.1, -0.05) is 29.8 Å². The Morgan fingerprint density at radius 2 is 1.89 bits per heavy atom. The number of pyridine rings is 1. The van der Waals surface area contributed by atoms with Gasteiger partial charge in [-0.2, -0.15) is 0 Å². The first-order valence-electron chi connectivity index (χ1n) is 12.6. The average molecular weight is 476 g/mol. The summed E-state index contributed by atoms with van der Waals surface area (Å²) in [6, 6.07) is 12.1. The van der Waals surface area contributed by atoms with E-state index in [1.54, 1.807) is 6.20 Å². The van der Waals surface area contributed by atoms with Crippen molar-refractivity contribution in [1.29, 1.82) is 0 Å². The lowest BCUT2D eigenvalue weighted by atomic mass is 9.79. The van der Waals surface area contributed by atoms with Crippen molar-refractivity contribution in [3.05, 3.63) is 59.9 Å². The number of aromatic nitrogens is 2. The van der Waals surface area contributed by atoms with E-state index in [-0.39, 0.29) is 23.2 Å². The number of amides is 1. The summed E-state index contributed by atoms with van der Waals surface area (Å²) < 4.78 is 0. The molecular weight excluding hydrogens is 438 g/mol. The summed E-state index contributed by atoms with van der Waals surface area (Å²) in [5.74, 6) is 0.325. The van der Waals surface area contributed by atoms with E-state index in [0.717, 1.165) is 61.5 Å². The lowest BCUT2D eigenvalue weighted by Crippen LogP contribution is -2.48. The number of hydrogen-bond donors (Lipinski definition) is 4. The van der Waals surface area contributed by atoms with Crippen molar-refractivity contribution in [2.75, 3.05) is 18.9 Å². The Morgan fingerprint density at radius 1 is 1.17 bits per heavy atom. The zero-order chi connectivity index (χ0) is 24.8. The van der Waals surface area contributed by atoms with Crippen molar-refractivity contribution >= 4 is 28.9 Å². The minimum Gasteiger partial charge on any atom is -0.387 e. The molecule has 2 aromatic heterocycles. The van der Waals surface area contributed by atoms with Crippen LogP contribution in [-0.2, 0) is 15.0 Å². The molecule has 1 aromatic carbocycles. The van der Waals surface area contributed by atoms with Crippen LogP contribution < -0.4 is 16.4 Å². The molecule has 0 saturated heterocycles. The highest BCUT2D eigenvalue weighted by Crippen LogP contribution is 2.47. The van der Waals surface area contributed by atoms with Crippen molar-refractivity contribution in [2.24, 2.45) is 17.6 Å². The van der Waals surface area contributed by atoms with Gasteiger partial charge < -0.3 is 26.1 Å². The number of fused-ring (bicyclic) bond motifs is 1. The predicted molar refractivity (Wildman–Crippen MR) is 140 cm³/mol. The highest BCUT2D eigenvalue weighted by atomic mass is 16.2. The summed E-state index contributed by atoms with van der Waals surface area (Å²) in [6.45, 7) is 2.76. The second-order valence-electron chi connectivity index (χ2n) is 10.0. The highest BCUT2D eigenvalue weighted by Gasteiger charge is 2.44. The first kappa shape index (κ1) is 24.9. The normalized spacial score (nSPS) is 21.3. The number of H-pyrrole nitrogens is 1. The standard InChI is InChI=1S/C20H28N2O2.C8H9N3/c1-14-2-8-17(9-3-14)20(10-11-20)13-22-19(24)18(21)16-6-4-15(12-23)5-7-16;1-9-7-3-5-11-8-6(7)2-4-10-8/h2-3,8-9,12,15-16,18H,4-7,10-11,13,21H2,1H3,(H,22,24);2-5H,1H3,(H2,9,10,11). The Balaban J connectivity index is 0.000000218. The molecule has 3 aromatic rings. The minimum atomic E-state index is -0.452. The maximum absolute atomic E-state index is 12.4. The number of rotatable bonds is 7. The van der Waals surface area contributed by atoms with E-state index in [1.165, 1.54) is 11.1 Å². The molecule has 0 bridgehead atoms. The van der Waals surface area contributed by atoms with E-state index >= 15 is 0 Å². The second-order valence-corrected chi connectivity index (χ2v) is 10.0. The Hall–Kier alpha value is -3.19. The summed E-state index contributed by atoms with van der Waals surface area (Å²) >= 11 is 0. The fourth-order valence-electron chi connectivity index (χ4n) is 5.03. The number of hydrogen-bond acceptors (Lipinski definition) is 5. The molecule has 2 heterocycles. The van der Waals surface area contributed by atoms with Gasteiger partial charge in [0, 0.05) is 48.4 Å². The van der Waals surface area contributed by atoms with Crippen molar-refractivity contribution in [3.63, 3.8) is 0 Å². The van der Waals surface area contributed by atoms with Crippen molar-refractivity contribution in [3.8, 4) is 0 Å². The SMILES string of the molecule is CNc1ccnc2[nH]ccc12.Cc1ccc(C2(CNC(=O)C(N)C3CCC(C=O)CC3)CC2)cc1. The van der Waals surface area contributed by atoms with Crippen LogP contribution in [-0.4, -0.2) is 41.8 Å². The topological polar surface area (TPSA) is 113 Å². The number of aromatic amines is 1. The van der Waals surface area contributed by atoms with E-state index in [1.807, 2.05) is 25.4 Å². The van der Waals surface area contributed by atoms with Gasteiger partial charge in [0.25, 0.3) is 0 Å². The smallest absolute Gasteiger partial charge is 0.237 e. The number of anilines is 1. The van der Waals surface area contributed by atoms with Crippen molar-refractivity contribution < 1.29 is 9.59 Å². The fraction of sp³-hybridized carbons (Fsp3) is 0.464. The van der Waals surface area contributed by atoms with Gasteiger partial charge in [-0.25, -0.2) is 4.98 Å². The highest BCUT2D eigenvalue weighted by molar-refractivity contribution is 5.88. The van der Waals surface area contributed by atoms with Gasteiger partial charge in [-0.15, -0.1) is 0 Å². The van der Waals surface area contributed by atoms with Gasteiger partial charge in [-0.3, -0.25) is 4.79 Å². The molecule has 0 aliphatic heterocycles. The van der Waals surface area contributed by atoms with Crippen molar-refractivity contribution in [2.45, 2.75) is 56.9 Å². The number of aldehydes is 1. The number of nitrogens with zero attached hydrogens (tertiary/aromatic N) is 1. The van der Waals surface area contributed by atoms with Gasteiger partial charge in [0.15, 0.2) is 0 Å². The molecular formula is C28H37N5O2. The molecule has 35 heavy (non-hydrogen) atoms. The monoisotopic (exact) mass is 475 g/mol. The average Bonchev–Trinajstić information content (AvgIpc) is 3.53. The molecule has 5 N–H and O–H groups in total. The number of carbonyl (C=O) groups excluding carboxylic acids is 2. The Morgan fingerprint density at radius 3 is 2.51 bits per heavy atom. The van der Waals surface area contributed by atoms with Crippen LogP contribution in [0.5, 0.6) is 0 Å². The molecule has 2 fully saturated rings. The zero-order valence-corrected chi connectivity index (χ0v) is 20.7. The first-order valence-corrected chi connectivity index (χ1v) is 12.6. The third kappa shape index (κ3) is 5.90. The maximum Gasteiger partial charge on any atom is 0.237 e. The van der Waals surface area contributed by atoms with E-state index < -0.39 is 6.04 Å². The summed E-state index contributed by atoms with van der Waals surface area (Å²) in [5, 5.41) is 7.32. The number of benzene rings is 1. The van der Waals surface area contributed by atoms with Crippen molar-refractivity contribution in [1.82, 2.24) is 15.3 Å². The number of nitrogens with one attached hydrogen (secondary N) is 3. The molecule has 0 spiro atoms. The lowest BCUT2D eigenvalue weighted by Gasteiger charge is -2.29. The zero-order valence-electron chi connectivity index (χ0n) is 20.7. The molecule has 0 radical (unpaired) electrons. The molecule has 2 aliphatic carbocycles. The molecule has 5 rings (SSSR count). The second kappa shape index (κ2) is 11.0. The van der Waals surface area contributed by atoms with E-state index in [4.69, 9.17) is 5.73 Å². The number of carbonyl (C=O) groups is 2. The molecule has 1 unspecified atom stereocenters. The molecule has 2 saturated carbocycles. The largest absolute Gasteiger partial charge is 0.387 e. The van der Waals surface area contributed by atoms with Crippen LogP contribution in [0.4, 0.5) is 5.69 Å². The molecule has 1 atom stereocenters. The minimum absolute atomic E-state index is 0.0389. The number of nitrogens with two attached hydrogens (primary N) is 1. The van der Waals surface area contributed by atoms with Gasteiger partial charge >= 0.3 is 0 Å². The van der Waals surface area contributed by atoms with Crippen LogP contribution in [0.25, 0.3) is 11.0 Å². The maximum atomic E-state index is 12.4. The van der Waals surface area contributed by atoms with E-state index in [2.05, 4.69) is 51.8 Å². The van der Waals surface area contributed by atoms with Gasteiger partial charge in [0.1, 0.15) is 11.9 Å².